The number of halogens is 1. The second-order valence-corrected chi connectivity index (χ2v) is 5.51. The molecule has 6 heteroatoms. The van der Waals surface area contributed by atoms with E-state index in [2.05, 4.69) is 15.9 Å². The largest absolute Gasteiger partial charge is 0.481 e. The van der Waals surface area contributed by atoms with E-state index in [0.29, 0.717) is 11.1 Å². The first-order valence-electron chi connectivity index (χ1n) is 7.06. The van der Waals surface area contributed by atoms with Crippen molar-refractivity contribution in [2.45, 2.75) is 18.2 Å². The normalized spacial score (nSPS) is 9.54. The second-order valence-electron chi connectivity index (χ2n) is 4.95. The van der Waals surface area contributed by atoms with Gasteiger partial charge in [0.1, 0.15) is 6.29 Å². The highest BCUT2D eigenvalue weighted by atomic mass is 79.9. The van der Waals surface area contributed by atoms with Crippen molar-refractivity contribution in [3.63, 3.8) is 0 Å². The van der Waals surface area contributed by atoms with Crippen molar-refractivity contribution >= 4 is 34.2 Å². The van der Waals surface area contributed by atoms with Gasteiger partial charge in [-0.3, -0.25) is 14.4 Å². The van der Waals surface area contributed by atoms with Crippen LogP contribution in [0.15, 0.2) is 48.5 Å². The van der Waals surface area contributed by atoms with Crippen LogP contribution in [0.3, 0.4) is 0 Å². The molecule has 0 spiro atoms. The van der Waals surface area contributed by atoms with Crippen LogP contribution >= 0.6 is 15.9 Å². The first-order valence-corrected chi connectivity index (χ1v) is 8.18. The van der Waals surface area contributed by atoms with Gasteiger partial charge in [-0.15, -0.1) is 0 Å². The van der Waals surface area contributed by atoms with E-state index in [1.165, 1.54) is 0 Å². The fourth-order valence-corrected chi connectivity index (χ4v) is 2.18. The molecule has 0 bridgehead atoms. The maximum absolute atomic E-state index is 10.3. The molecule has 24 heavy (non-hydrogen) atoms. The van der Waals surface area contributed by atoms with Gasteiger partial charge in [-0.25, -0.2) is 0 Å². The lowest BCUT2D eigenvalue weighted by molar-refractivity contribution is -0.137. The molecule has 0 radical (unpaired) electrons. The van der Waals surface area contributed by atoms with Crippen molar-refractivity contribution in [1.29, 1.82) is 0 Å². The molecule has 0 aliphatic rings. The van der Waals surface area contributed by atoms with Gasteiger partial charge in [-0.1, -0.05) is 64.5 Å². The van der Waals surface area contributed by atoms with Gasteiger partial charge in [0.05, 0.1) is 12.8 Å². The number of hydrogen-bond donors (Lipinski definition) is 2. The molecule has 0 atom stereocenters. The van der Waals surface area contributed by atoms with E-state index in [1.807, 2.05) is 24.3 Å². The van der Waals surface area contributed by atoms with E-state index in [4.69, 9.17) is 10.2 Å². The lowest BCUT2D eigenvalue weighted by Gasteiger charge is -1.98. The molecule has 0 aromatic heterocycles. The molecule has 126 valence electrons. The van der Waals surface area contributed by atoms with Crippen molar-refractivity contribution < 1.29 is 24.6 Å². The summed E-state index contributed by atoms with van der Waals surface area (Å²) in [7, 11) is 0. The van der Waals surface area contributed by atoms with Gasteiger partial charge < -0.3 is 10.2 Å². The Kier molecular flexibility index (Phi) is 8.43. The van der Waals surface area contributed by atoms with Crippen LogP contribution in [0.2, 0.25) is 0 Å². The molecule has 2 rings (SSSR count). The number of carbonyl (C=O) groups excluding carboxylic acids is 1. The molecule has 0 saturated carbocycles. The topological polar surface area (TPSA) is 91.7 Å². The minimum Gasteiger partial charge on any atom is -0.481 e. The maximum atomic E-state index is 10.3. The standard InChI is InChI=1S/C9H9BrO2.C9H8O3/c2*10-6-8-3-1-7(2-4-8)5-9(11)12/h1-4H,5-6H2,(H,11,12);1-4,6H,5H2,(H,11,12). The molecule has 0 unspecified atom stereocenters. The predicted octanol–water partition coefficient (Wildman–Crippen LogP) is 3.33. The third kappa shape index (κ3) is 7.69. The SMILES string of the molecule is O=C(O)Cc1ccc(CBr)cc1.O=Cc1ccc(CC(=O)O)cc1. The Morgan fingerprint density at radius 3 is 1.50 bits per heavy atom. The van der Waals surface area contributed by atoms with E-state index < -0.39 is 11.9 Å². The number of hydrogen-bond acceptors (Lipinski definition) is 3. The van der Waals surface area contributed by atoms with Crippen molar-refractivity contribution in [1.82, 2.24) is 0 Å². The number of aldehydes is 1. The highest BCUT2D eigenvalue weighted by Gasteiger charge is 1.99. The quantitative estimate of drug-likeness (QED) is 0.580. The van der Waals surface area contributed by atoms with Crippen molar-refractivity contribution in [2.75, 3.05) is 0 Å². The number of rotatable bonds is 6. The van der Waals surface area contributed by atoms with Gasteiger partial charge >= 0.3 is 11.9 Å². The monoisotopic (exact) mass is 392 g/mol. The second kappa shape index (κ2) is 10.3. The summed E-state index contributed by atoms with van der Waals surface area (Å²) in [5.41, 5.74) is 3.26. The van der Waals surface area contributed by atoms with Crippen LogP contribution in [0.4, 0.5) is 0 Å². The third-order valence-electron chi connectivity index (χ3n) is 3.00. The summed E-state index contributed by atoms with van der Waals surface area (Å²) in [6.45, 7) is 0. The first kappa shape index (κ1) is 19.6. The third-order valence-corrected chi connectivity index (χ3v) is 3.65. The summed E-state index contributed by atoms with van der Waals surface area (Å²) >= 11 is 3.32. The summed E-state index contributed by atoms with van der Waals surface area (Å²) < 4.78 is 0. The molecule has 0 heterocycles. The van der Waals surface area contributed by atoms with E-state index in [0.717, 1.165) is 22.7 Å². The van der Waals surface area contributed by atoms with E-state index in [-0.39, 0.29) is 12.8 Å². The number of carboxylic acid groups (broad SMARTS) is 2. The smallest absolute Gasteiger partial charge is 0.307 e. The van der Waals surface area contributed by atoms with Gasteiger partial charge in [-0.05, 0) is 16.7 Å². The molecule has 0 aliphatic carbocycles. The van der Waals surface area contributed by atoms with Crippen LogP contribution in [0.1, 0.15) is 27.0 Å². The Morgan fingerprint density at radius 2 is 1.17 bits per heavy atom. The summed E-state index contributed by atoms with van der Waals surface area (Å²) in [6.07, 6.45) is 0.826. The highest BCUT2D eigenvalue weighted by molar-refractivity contribution is 9.08. The molecule has 0 aliphatic heterocycles. The molecule has 2 N–H and O–H groups in total. The van der Waals surface area contributed by atoms with Gasteiger partial charge in [-0.2, -0.15) is 0 Å². The minimum absolute atomic E-state index is 0.000856. The Hall–Kier alpha value is -2.47. The van der Waals surface area contributed by atoms with Crippen molar-refractivity contribution in [3.8, 4) is 0 Å². The number of benzene rings is 2. The van der Waals surface area contributed by atoms with E-state index >= 15 is 0 Å². The lowest BCUT2D eigenvalue weighted by Crippen LogP contribution is -1.99. The van der Waals surface area contributed by atoms with E-state index in [1.54, 1.807) is 24.3 Å². The first-order chi connectivity index (χ1) is 11.4. The highest BCUT2D eigenvalue weighted by Crippen LogP contribution is 2.08. The molecule has 2 aromatic carbocycles. The average molecular weight is 393 g/mol. The van der Waals surface area contributed by atoms with Crippen LogP contribution in [0.5, 0.6) is 0 Å². The number of alkyl halides is 1. The number of aliphatic carboxylic acids is 2. The zero-order valence-electron chi connectivity index (χ0n) is 12.8. The Balaban J connectivity index is 0.000000240. The van der Waals surface area contributed by atoms with Crippen LogP contribution in [0.25, 0.3) is 0 Å². The Labute approximate surface area is 148 Å². The summed E-state index contributed by atoms with van der Waals surface area (Å²) in [5.74, 6) is -1.66. The molecule has 5 nitrogen and oxygen atoms in total. The summed E-state index contributed by atoms with van der Waals surface area (Å²) in [5, 5.41) is 17.7. The summed E-state index contributed by atoms with van der Waals surface area (Å²) in [6, 6.07) is 14.0. The van der Waals surface area contributed by atoms with Crippen LogP contribution in [-0.4, -0.2) is 28.4 Å². The van der Waals surface area contributed by atoms with Crippen LogP contribution in [-0.2, 0) is 27.8 Å². The minimum atomic E-state index is -0.867. The average Bonchev–Trinajstić information content (AvgIpc) is 2.56. The predicted molar refractivity (Wildman–Crippen MR) is 93.6 cm³/mol. The fourth-order valence-electron chi connectivity index (χ4n) is 1.81. The Bertz CT molecular complexity index is 678. The number of carboxylic acids is 2. The zero-order valence-corrected chi connectivity index (χ0v) is 14.4. The molecule has 2 aromatic rings. The molecule has 0 saturated heterocycles. The molecular weight excluding hydrogens is 376 g/mol. The van der Waals surface area contributed by atoms with Gasteiger partial charge in [0.15, 0.2) is 0 Å². The van der Waals surface area contributed by atoms with Gasteiger partial charge in [0.25, 0.3) is 0 Å². The number of carbonyl (C=O) groups is 3. The van der Waals surface area contributed by atoms with Crippen molar-refractivity contribution in [3.05, 3.63) is 70.8 Å². The Morgan fingerprint density at radius 1 is 0.792 bits per heavy atom. The maximum Gasteiger partial charge on any atom is 0.307 e. The van der Waals surface area contributed by atoms with Gasteiger partial charge in [0, 0.05) is 10.9 Å². The van der Waals surface area contributed by atoms with Crippen LogP contribution < -0.4 is 0 Å². The fraction of sp³-hybridized carbons (Fsp3) is 0.167. The van der Waals surface area contributed by atoms with E-state index in [9.17, 15) is 14.4 Å². The lowest BCUT2D eigenvalue weighted by atomic mass is 10.1. The summed E-state index contributed by atoms with van der Waals surface area (Å²) in [4.78, 5) is 30.8. The molecule has 0 amide bonds. The van der Waals surface area contributed by atoms with Crippen molar-refractivity contribution in [2.24, 2.45) is 0 Å². The molecule has 0 fully saturated rings. The zero-order chi connectivity index (χ0) is 17.9. The van der Waals surface area contributed by atoms with Crippen LogP contribution in [0, 0.1) is 0 Å². The van der Waals surface area contributed by atoms with Gasteiger partial charge in [0.2, 0.25) is 0 Å². The molecular formula is C18H17BrO5.